The molecule has 12 heavy (non-hydrogen) atoms. The van der Waals surface area contributed by atoms with Gasteiger partial charge in [-0.2, -0.15) is 0 Å². The van der Waals surface area contributed by atoms with Gasteiger partial charge in [0.1, 0.15) is 11.8 Å². The van der Waals surface area contributed by atoms with E-state index < -0.39 is 0 Å². The van der Waals surface area contributed by atoms with Gasteiger partial charge in [-0.15, -0.1) is 6.58 Å². The molecule has 2 heterocycles. The quantitative estimate of drug-likeness (QED) is 0.608. The minimum atomic E-state index is 0.863. The summed E-state index contributed by atoms with van der Waals surface area (Å²) in [7, 11) is 0. The number of imidazole rings is 1. The topological polar surface area (TPSA) is 17.3 Å². The van der Waals surface area contributed by atoms with Crippen LogP contribution in [0.4, 0.5) is 0 Å². The number of rotatable bonds is 2. The first-order valence-electron chi connectivity index (χ1n) is 3.86. The van der Waals surface area contributed by atoms with Gasteiger partial charge in [-0.05, 0) is 12.1 Å². The Morgan fingerprint density at radius 1 is 1.58 bits per heavy atom. The molecule has 0 bridgehead atoms. The predicted octanol–water partition coefficient (Wildman–Crippen LogP) is 1.86. The third-order valence-electron chi connectivity index (χ3n) is 1.81. The minimum Gasteiger partial charge on any atom is -0.303 e. The van der Waals surface area contributed by atoms with Crippen LogP contribution in [0, 0.1) is 6.20 Å². The summed E-state index contributed by atoms with van der Waals surface area (Å²) < 4.78 is 2.02. The van der Waals surface area contributed by atoms with Gasteiger partial charge in [0.2, 0.25) is 0 Å². The Kier molecular flexibility index (Phi) is 1.67. The molecule has 2 heteroatoms. The lowest BCUT2D eigenvalue weighted by Gasteiger charge is -2.00. The van der Waals surface area contributed by atoms with E-state index in [9.17, 15) is 0 Å². The van der Waals surface area contributed by atoms with E-state index in [1.54, 1.807) is 0 Å². The Hall–Kier alpha value is -1.57. The van der Waals surface area contributed by atoms with Crippen LogP contribution in [0.3, 0.4) is 0 Å². The van der Waals surface area contributed by atoms with Gasteiger partial charge >= 0.3 is 0 Å². The number of nitrogens with zero attached hydrogens (tertiary/aromatic N) is 2. The molecule has 0 fully saturated rings. The van der Waals surface area contributed by atoms with Crippen molar-refractivity contribution in [1.29, 1.82) is 0 Å². The van der Waals surface area contributed by atoms with Gasteiger partial charge in [-0.1, -0.05) is 12.1 Å². The van der Waals surface area contributed by atoms with Crippen molar-refractivity contribution in [1.82, 2.24) is 9.38 Å². The Labute approximate surface area is 71.2 Å². The fourth-order valence-corrected chi connectivity index (χ4v) is 1.26. The number of hydrogen-bond acceptors (Lipinski definition) is 1. The molecule has 2 rings (SSSR count). The minimum absolute atomic E-state index is 0.863. The van der Waals surface area contributed by atoms with Crippen LogP contribution in [0.25, 0.3) is 5.65 Å². The molecular weight excluding hydrogens is 148 g/mol. The standard InChI is InChI=1S/C10H9N2/c1-2-4-9-5-3-6-10-11-7-8-12(9)10/h2-3,5-6,8H,1,4H2. The fraction of sp³-hybridized carbons (Fsp3) is 0.100. The van der Waals surface area contributed by atoms with E-state index in [0.29, 0.717) is 0 Å². The van der Waals surface area contributed by atoms with Crippen LogP contribution in [-0.4, -0.2) is 9.38 Å². The van der Waals surface area contributed by atoms with Crippen molar-refractivity contribution in [2.75, 3.05) is 0 Å². The van der Waals surface area contributed by atoms with Crippen molar-refractivity contribution in [3.8, 4) is 0 Å². The molecule has 0 aliphatic heterocycles. The lowest BCUT2D eigenvalue weighted by atomic mass is 10.2. The molecule has 0 N–H and O–H groups in total. The van der Waals surface area contributed by atoms with Crippen molar-refractivity contribution < 1.29 is 0 Å². The zero-order valence-electron chi connectivity index (χ0n) is 6.70. The molecule has 0 spiro atoms. The average molecular weight is 157 g/mol. The molecule has 59 valence electrons. The normalized spacial score (nSPS) is 10.3. The predicted molar refractivity (Wildman–Crippen MR) is 47.9 cm³/mol. The van der Waals surface area contributed by atoms with Gasteiger partial charge in [-0.3, -0.25) is 0 Å². The van der Waals surface area contributed by atoms with Crippen LogP contribution in [0.1, 0.15) is 5.69 Å². The number of aromatic nitrogens is 2. The number of hydrogen-bond donors (Lipinski definition) is 0. The molecule has 0 amide bonds. The summed E-state index contributed by atoms with van der Waals surface area (Å²) in [5.41, 5.74) is 2.13. The largest absolute Gasteiger partial charge is 0.303 e. The average Bonchev–Trinajstić information content (AvgIpc) is 2.53. The van der Waals surface area contributed by atoms with Crippen LogP contribution < -0.4 is 0 Å². The van der Waals surface area contributed by atoms with Gasteiger partial charge in [0.05, 0.1) is 0 Å². The number of allylic oxidation sites excluding steroid dienone is 1. The highest BCUT2D eigenvalue weighted by Gasteiger charge is 1.96. The Balaban J connectivity index is 2.65. The monoisotopic (exact) mass is 157 g/mol. The maximum Gasteiger partial charge on any atom is 0.137 e. The second-order valence-electron chi connectivity index (χ2n) is 2.61. The zero-order valence-corrected chi connectivity index (χ0v) is 6.70. The summed E-state index contributed by atoms with van der Waals surface area (Å²) in [6.07, 6.45) is 7.40. The van der Waals surface area contributed by atoms with E-state index >= 15 is 0 Å². The molecule has 0 saturated heterocycles. The molecule has 0 aliphatic rings. The molecule has 2 nitrogen and oxygen atoms in total. The smallest absolute Gasteiger partial charge is 0.137 e. The second kappa shape index (κ2) is 2.81. The van der Waals surface area contributed by atoms with Crippen LogP contribution in [-0.2, 0) is 6.42 Å². The highest BCUT2D eigenvalue weighted by Crippen LogP contribution is 2.05. The summed E-state index contributed by atoms with van der Waals surface area (Å²) >= 11 is 0. The van der Waals surface area contributed by atoms with E-state index in [-0.39, 0.29) is 0 Å². The van der Waals surface area contributed by atoms with E-state index in [1.807, 2.05) is 28.8 Å². The first-order chi connectivity index (χ1) is 5.92. The zero-order chi connectivity index (χ0) is 8.39. The van der Waals surface area contributed by atoms with Crippen molar-refractivity contribution in [2.24, 2.45) is 0 Å². The highest BCUT2D eigenvalue weighted by molar-refractivity contribution is 5.39. The van der Waals surface area contributed by atoms with Crippen molar-refractivity contribution in [3.05, 3.63) is 48.9 Å². The van der Waals surface area contributed by atoms with Gasteiger partial charge in [-0.25, -0.2) is 4.98 Å². The summed E-state index contributed by atoms with van der Waals surface area (Å²) in [5.74, 6) is 0. The molecule has 0 unspecified atom stereocenters. The molecule has 1 radical (unpaired) electrons. The van der Waals surface area contributed by atoms with Crippen LogP contribution in [0.5, 0.6) is 0 Å². The highest BCUT2D eigenvalue weighted by atomic mass is 15.0. The summed E-state index contributed by atoms with van der Waals surface area (Å²) in [5, 5.41) is 0. The Bertz CT molecular complexity index is 401. The van der Waals surface area contributed by atoms with Gasteiger partial charge in [0, 0.05) is 18.3 Å². The molecule has 2 aromatic heterocycles. The van der Waals surface area contributed by atoms with E-state index in [4.69, 9.17) is 0 Å². The fourth-order valence-electron chi connectivity index (χ4n) is 1.26. The summed E-state index contributed by atoms with van der Waals surface area (Å²) in [6, 6.07) is 6.02. The van der Waals surface area contributed by atoms with Crippen molar-refractivity contribution in [3.63, 3.8) is 0 Å². The number of pyridine rings is 1. The third kappa shape index (κ3) is 1.01. The third-order valence-corrected chi connectivity index (χ3v) is 1.81. The van der Waals surface area contributed by atoms with Crippen molar-refractivity contribution >= 4 is 5.65 Å². The molecule has 2 aromatic rings. The molecule has 0 aromatic carbocycles. The summed E-state index contributed by atoms with van der Waals surface area (Å²) in [4.78, 5) is 4.07. The van der Waals surface area contributed by atoms with Gasteiger partial charge in [0.15, 0.2) is 0 Å². The van der Waals surface area contributed by atoms with E-state index in [1.165, 1.54) is 5.69 Å². The number of fused-ring (bicyclic) bond motifs is 1. The second-order valence-corrected chi connectivity index (χ2v) is 2.61. The lowest BCUT2D eigenvalue weighted by Crippen LogP contribution is -1.92. The van der Waals surface area contributed by atoms with Gasteiger partial charge < -0.3 is 4.40 Å². The first-order valence-corrected chi connectivity index (χ1v) is 3.86. The molecule has 0 atom stereocenters. The van der Waals surface area contributed by atoms with Crippen LogP contribution in [0.15, 0.2) is 37.1 Å². The van der Waals surface area contributed by atoms with Crippen LogP contribution in [0.2, 0.25) is 0 Å². The van der Waals surface area contributed by atoms with E-state index in [0.717, 1.165) is 12.1 Å². The maximum absolute atomic E-state index is 4.07. The Morgan fingerprint density at radius 2 is 2.50 bits per heavy atom. The SMILES string of the molecule is C=CCc1cccc2n[c]cn12. The van der Waals surface area contributed by atoms with E-state index in [2.05, 4.69) is 23.8 Å². The van der Waals surface area contributed by atoms with Crippen molar-refractivity contribution in [2.45, 2.75) is 6.42 Å². The Morgan fingerprint density at radius 3 is 3.33 bits per heavy atom. The maximum atomic E-state index is 4.07. The summed E-state index contributed by atoms with van der Waals surface area (Å²) in [6.45, 7) is 3.70. The lowest BCUT2D eigenvalue weighted by molar-refractivity contribution is 1.03. The molecular formula is C10H9N2. The molecule has 0 aliphatic carbocycles. The van der Waals surface area contributed by atoms with Crippen LogP contribution >= 0.6 is 0 Å². The molecule has 0 saturated carbocycles. The first kappa shape index (κ1) is 7.10. The van der Waals surface area contributed by atoms with Gasteiger partial charge in [0.25, 0.3) is 0 Å².